The number of hydrogen-bond acceptors (Lipinski definition) is 6. The Morgan fingerprint density at radius 3 is 2.60 bits per heavy atom. The molecule has 1 aromatic heterocycles. The van der Waals surface area contributed by atoms with Crippen LogP contribution in [0.15, 0.2) is 24.3 Å². The maximum atomic E-state index is 13.5. The van der Waals surface area contributed by atoms with Gasteiger partial charge in [0.1, 0.15) is 16.7 Å². The number of nitrogens with zero attached hydrogens (tertiary/aromatic N) is 2. The first-order valence-corrected chi connectivity index (χ1v) is 7.71. The van der Waals surface area contributed by atoms with Crippen LogP contribution in [0, 0.1) is 17.3 Å². The molecule has 0 aliphatic rings. The third-order valence-electron chi connectivity index (χ3n) is 3.13. The molecule has 0 aliphatic heterocycles. The molecule has 1 heterocycles. The fourth-order valence-corrected chi connectivity index (χ4v) is 2.12. The molecule has 0 bridgehead atoms. The van der Waals surface area contributed by atoms with Gasteiger partial charge in [-0.3, -0.25) is 0 Å². The van der Waals surface area contributed by atoms with E-state index in [1.807, 2.05) is 6.07 Å². The van der Waals surface area contributed by atoms with Crippen LogP contribution in [0.3, 0.4) is 0 Å². The highest BCUT2D eigenvalue weighted by atomic mass is 35.5. The molecule has 25 heavy (non-hydrogen) atoms. The largest absolute Gasteiger partial charge is 0.461 e. The third kappa shape index (κ3) is 4.50. The van der Waals surface area contributed by atoms with Crippen molar-refractivity contribution in [3.8, 4) is 11.9 Å². The molecule has 1 aromatic carbocycles. The minimum Gasteiger partial charge on any atom is -0.461 e. The lowest BCUT2D eigenvalue weighted by Gasteiger charge is -2.15. The van der Waals surface area contributed by atoms with Crippen LogP contribution >= 0.6 is 23.2 Å². The monoisotopic (exact) mass is 383 g/mol. The van der Waals surface area contributed by atoms with Crippen molar-refractivity contribution in [1.82, 2.24) is 4.98 Å². The number of nitriles is 1. The van der Waals surface area contributed by atoms with Crippen LogP contribution in [-0.2, 0) is 16.1 Å². The second kappa shape index (κ2) is 8.01. The molecule has 0 radical (unpaired) electrons. The Bertz CT molecular complexity index is 838. The van der Waals surface area contributed by atoms with Crippen LogP contribution in [0.1, 0.15) is 18.1 Å². The van der Waals surface area contributed by atoms with Gasteiger partial charge in [-0.25, -0.2) is 4.79 Å². The minimum absolute atomic E-state index is 0.0173. The second-order valence-electron chi connectivity index (χ2n) is 4.93. The molecule has 0 spiro atoms. The molecule has 2 N–H and O–H groups in total. The second-order valence-corrected chi connectivity index (χ2v) is 5.68. The van der Waals surface area contributed by atoms with Gasteiger partial charge in [-0.05, 0) is 24.6 Å². The van der Waals surface area contributed by atoms with Crippen LogP contribution in [0.2, 0.25) is 10.0 Å². The first kappa shape index (κ1) is 18.8. The van der Waals surface area contributed by atoms with Crippen molar-refractivity contribution in [2.75, 3.05) is 5.73 Å². The van der Waals surface area contributed by atoms with Crippen molar-refractivity contribution in [3.63, 3.8) is 0 Å². The third-order valence-corrected chi connectivity index (χ3v) is 3.85. The molecule has 9 heteroatoms. The number of ether oxygens (including phenoxy) is 2. The average molecular weight is 384 g/mol. The summed E-state index contributed by atoms with van der Waals surface area (Å²) < 4.78 is 23.8. The maximum Gasteiger partial charge on any atom is 0.347 e. The molecule has 0 unspecified atom stereocenters. The van der Waals surface area contributed by atoms with Crippen LogP contribution in [-0.4, -0.2) is 17.1 Å². The Labute approximate surface area is 152 Å². The highest BCUT2D eigenvalue weighted by Crippen LogP contribution is 2.35. The number of anilines is 1. The Hall–Kier alpha value is -2.56. The average Bonchev–Trinajstić information content (AvgIpc) is 2.62. The van der Waals surface area contributed by atoms with Crippen molar-refractivity contribution in [2.24, 2.45) is 0 Å². The molecule has 0 saturated carbocycles. The summed E-state index contributed by atoms with van der Waals surface area (Å²) in [6.45, 7) is 1.37. The van der Waals surface area contributed by atoms with E-state index in [1.54, 1.807) is 24.3 Å². The summed E-state index contributed by atoms with van der Waals surface area (Å²) >= 11 is 11.5. The van der Waals surface area contributed by atoms with E-state index in [0.717, 1.165) is 0 Å². The van der Waals surface area contributed by atoms with Crippen LogP contribution in [0.25, 0.3) is 0 Å². The van der Waals surface area contributed by atoms with E-state index in [2.05, 4.69) is 4.98 Å². The standard InChI is InChI=1S/C16H12Cl2FN3O3/c1-8(25-15-12(18)13(21)11(17)14(19)22-15)16(23)24-7-10-4-2-9(6-20)3-5-10/h2-5,8H,7H2,1H3,(H2,21,22)/t8-/m1/s1. The highest BCUT2D eigenvalue weighted by Gasteiger charge is 2.22. The van der Waals surface area contributed by atoms with Crippen molar-refractivity contribution < 1.29 is 18.7 Å². The normalized spacial score (nSPS) is 11.5. The van der Waals surface area contributed by atoms with Gasteiger partial charge < -0.3 is 15.2 Å². The zero-order valence-corrected chi connectivity index (χ0v) is 14.4. The van der Waals surface area contributed by atoms with Gasteiger partial charge in [0.2, 0.25) is 11.8 Å². The zero-order chi connectivity index (χ0) is 18.6. The molecular weight excluding hydrogens is 372 g/mol. The molecule has 0 saturated heterocycles. The van der Waals surface area contributed by atoms with Gasteiger partial charge in [0.25, 0.3) is 0 Å². The molecule has 0 aliphatic carbocycles. The summed E-state index contributed by atoms with van der Waals surface area (Å²) in [6.07, 6.45) is -1.11. The minimum atomic E-state index is -1.11. The van der Waals surface area contributed by atoms with Gasteiger partial charge in [-0.1, -0.05) is 35.3 Å². The summed E-state index contributed by atoms with van der Waals surface area (Å²) in [6, 6.07) is 8.51. The van der Waals surface area contributed by atoms with Crippen molar-refractivity contribution >= 4 is 34.9 Å². The number of nitrogens with two attached hydrogens (primary N) is 1. The quantitative estimate of drug-likeness (QED) is 0.626. The molecule has 2 rings (SSSR count). The van der Waals surface area contributed by atoms with E-state index in [4.69, 9.17) is 43.7 Å². The van der Waals surface area contributed by atoms with Crippen LogP contribution in [0.4, 0.5) is 10.1 Å². The fraction of sp³-hybridized carbons (Fsp3) is 0.188. The number of carbonyl (C=O) groups is 1. The Balaban J connectivity index is 1.99. The molecule has 0 amide bonds. The van der Waals surface area contributed by atoms with Gasteiger partial charge in [-0.2, -0.15) is 14.6 Å². The van der Waals surface area contributed by atoms with Crippen molar-refractivity contribution in [3.05, 3.63) is 51.4 Å². The lowest BCUT2D eigenvalue weighted by Crippen LogP contribution is -2.26. The van der Waals surface area contributed by atoms with Crippen molar-refractivity contribution in [1.29, 1.82) is 5.26 Å². The first-order valence-electron chi connectivity index (χ1n) is 6.95. The van der Waals surface area contributed by atoms with Gasteiger partial charge in [-0.15, -0.1) is 0 Å². The maximum absolute atomic E-state index is 13.5. The number of carbonyl (C=O) groups excluding carboxylic acids is 1. The van der Waals surface area contributed by atoms with E-state index in [1.165, 1.54) is 6.92 Å². The summed E-state index contributed by atoms with van der Waals surface area (Å²) in [5.41, 5.74) is 6.49. The highest BCUT2D eigenvalue weighted by molar-refractivity contribution is 6.39. The molecule has 2 aromatic rings. The molecule has 1 atom stereocenters. The van der Waals surface area contributed by atoms with Gasteiger partial charge >= 0.3 is 5.97 Å². The summed E-state index contributed by atoms with van der Waals surface area (Å²) in [5.74, 6) is -2.13. The molecule has 0 fully saturated rings. The number of pyridine rings is 1. The van der Waals surface area contributed by atoms with Gasteiger partial charge in [0.05, 0.1) is 17.3 Å². The molecule has 130 valence electrons. The molecule has 6 nitrogen and oxygen atoms in total. The summed E-state index contributed by atoms with van der Waals surface area (Å²) in [7, 11) is 0. The van der Waals surface area contributed by atoms with E-state index < -0.39 is 23.0 Å². The van der Waals surface area contributed by atoms with Crippen molar-refractivity contribution in [2.45, 2.75) is 19.6 Å². The number of aromatic nitrogens is 1. The number of benzene rings is 1. The number of halogens is 3. The summed E-state index contributed by atoms with van der Waals surface area (Å²) in [5, 5.41) is 8.11. The van der Waals surface area contributed by atoms with E-state index in [9.17, 15) is 9.18 Å². The topological polar surface area (TPSA) is 98.2 Å². The zero-order valence-electron chi connectivity index (χ0n) is 12.9. The van der Waals surface area contributed by atoms with E-state index >= 15 is 0 Å². The number of rotatable bonds is 5. The van der Waals surface area contributed by atoms with Crippen LogP contribution in [0.5, 0.6) is 5.88 Å². The first-order chi connectivity index (χ1) is 11.8. The van der Waals surface area contributed by atoms with Gasteiger partial charge in [0.15, 0.2) is 6.10 Å². The lowest BCUT2D eigenvalue weighted by atomic mass is 10.2. The number of esters is 1. The Kier molecular flexibility index (Phi) is 6.02. The predicted molar refractivity (Wildman–Crippen MR) is 89.7 cm³/mol. The Morgan fingerprint density at radius 2 is 2.00 bits per heavy atom. The number of nitrogen functional groups attached to an aromatic ring is 1. The molecular formula is C16H12Cl2FN3O3. The fourth-order valence-electron chi connectivity index (χ4n) is 1.75. The lowest BCUT2D eigenvalue weighted by molar-refractivity contribution is -0.152. The predicted octanol–water partition coefficient (Wildman–Crippen LogP) is 3.49. The van der Waals surface area contributed by atoms with Crippen LogP contribution < -0.4 is 10.5 Å². The Morgan fingerprint density at radius 1 is 1.36 bits per heavy atom. The van der Waals surface area contributed by atoms with E-state index in [-0.39, 0.29) is 23.2 Å². The van der Waals surface area contributed by atoms with E-state index in [0.29, 0.717) is 11.1 Å². The van der Waals surface area contributed by atoms with Gasteiger partial charge in [0, 0.05) is 0 Å². The SMILES string of the molecule is C[C@@H](Oc1nc(F)c(Cl)c(N)c1Cl)C(=O)OCc1ccc(C#N)cc1. The number of hydrogen-bond donors (Lipinski definition) is 1. The smallest absolute Gasteiger partial charge is 0.347 e. The summed E-state index contributed by atoms with van der Waals surface area (Å²) in [4.78, 5) is 15.4.